The van der Waals surface area contributed by atoms with Gasteiger partial charge in [0.1, 0.15) is 0 Å². The van der Waals surface area contributed by atoms with E-state index in [1.54, 1.807) is 0 Å². The van der Waals surface area contributed by atoms with E-state index in [1.165, 1.54) is 31.4 Å². The van der Waals surface area contributed by atoms with Crippen molar-refractivity contribution in [3.05, 3.63) is 39.4 Å². The monoisotopic (exact) mass is 296 g/mol. The number of ether oxygens (including phenoxy) is 2. The van der Waals surface area contributed by atoms with Crippen molar-refractivity contribution in [3.8, 4) is 17.5 Å². The lowest BCUT2D eigenvalue weighted by Crippen LogP contribution is -2.00. The molecule has 0 aliphatic rings. The zero-order valence-corrected chi connectivity index (χ0v) is 11.0. The summed E-state index contributed by atoms with van der Waals surface area (Å²) in [6.07, 6.45) is 0. The number of aromatic nitrogens is 2. The third kappa shape index (κ3) is 3.04. The molecule has 2 rings (SSSR count). The van der Waals surface area contributed by atoms with E-state index in [0.717, 1.165) is 0 Å². The van der Waals surface area contributed by atoms with Crippen molar-refractivity contribution < 1.29 is 14.4 Å². The molecule has 104 valence electrons. The Labute approximate surface area is 118 Å². The number of methoxy groups -OCH3 is 1. The van der Waals surface area contributed by atoms with Crippen LogP contribution in [-0.4, -0.2) is 22.0 Å². The SMILES string of the molecule is COc1cc(Oc2cc([N+](=O)[O-])ccc2Cl)nc(N)n1. The minimum atomic E-state index is -0.557. The first-order valence-electron chi connectivity index (χ1n) is 5.30. The van der Waals surface area contributed by atoms with Gasteiger partial charge in [0.25, 0.3) is 5.69 Å². The van der Waals surface area contributed by atoms with Crippen molar-refractivity contribution in [2.24, 2.45) is 0 Å². The van der Waals surface area contributed by atoms with E-state index >= 15 is 0 Å². The van der Waals surface area contributed by atoms with Crippen LogP contribution in [0.4, 0.5) is 11.6 Å². The highest BCUT2D eigenvalue weighted by molar-refractivity contribution is 6.32. The maximum absolute atomic E-state index is 10.7. The van der Waals surface area contributed by atoms with Crippen molar-refractivity contribution in [2.75, 3.05) is 12.8 Å². The number of nitrogen functional groups attached to an aromatic ring is 1. The van der Waals surface area contributed by atoms with Crippen LogP contribution < -0.4 is 15.2 Å². The van der Waals surface area contributed by atoms with E-state index in [4.69, 9.17) is 26.8 Å². The van der Waals surface area contributed by atoms with Crippen LogP contribution in [0.5, 0.6) is 17.5 Å². The molecule has 0 fully saturated rings. The van der Waals surface area contributed by atoms with Crippen LogP contribution >= 0.6 is 11.6 Å². The van der Waals surface area contributed by atoms with Crippen molar-refractivity contribution in [3.63, 3.8) is 0 Å². The van der Waals surface area contributed by atoms with Gasteiger partial charge in [-0.1, -0.05) is 11.6 Å². The summed E-state index contributed by atoms with van der Waals surface area (Å²) in [6, 6.07) is 5.19. The Hall–Kier alpha value is -2.61. The zero-order valence-electron chi connectivity index (χ0n) is 10.2. The molecule has 2 N–H and O–H groups in total. The Kier molecular flexibility index (Phi) is 3.85. The second-order valence-corrected chi connectivity index (χ2v) is 3.99. The molecule has 0 aliphatic carbocycles. The minimum Gasteiger partial charge on any atom is -0.481 e. The number of nitrogens with two attached hydrogens (primary N) is 1. The van der Waals surface area contributed by atoms with Crippen LogP contribution in [-0.2, 0) is 0 Å². The molecule has 0 atom stereocenters. The van der Waals surface area contributed by atoms with Gasteiger partial charge in [0.05, 0.1) is 29.2 Å². The third-order valence-electron chi connectivity index (χ3n) is 2.25. The molecule has 1 heterocycles. The lowest BCUT2D eigenvalue weighted by molar-refractivity contribution is -0.384. The summed E-state index contributed by atoms with van der Waals surface area (Å²) in [5.74, 6) is 0.299. The van der Waals surface area contributed by atoms with Gasteiger partial charge < -0.3 is 15.2 Å². The molecule has 0 spiro atoms. The van der Waals surface area contributed by atoms with Gasteiger partial charge in [0, 0.05) is 6.07 Å². The number of hydrogen-bond donors (Lipinski definition) is 1. The molecule has 0 saturated heterocycles. The predicted molar refractivity (Wildman–Crippen MR) is 71.2 cm³/mol. The molecule has 8 nitrogen and oxygen atoms in total. The summed E-state index contributed by atoms with van der Waals surface area (Å²) >= 11 is 5.91. The van der Waals surface area contributed by atoms with E-state index in [9.17, 15) is 10.1 Å². The summed E-state index contributed by atoms with van der Waals surface area (Å²) < 4.78 is 10.3. The average Bonchev–Trinajstić information content (AvgIpc) is 2.40. The van der Waals surface area contributed by atoms with Crippen LogP contribution in [0.15, 0.2) is 24.3 Å². The Bertz CT molecular complexity index is 665. The van der Waals surface area contributed by atoms with E-state index in [0.29, 0.717) is 0 Å². The standard InChI is InChI=1S/C11H9ClN4O4/c1-19-9-5-10(15-11(13)14-9)20-8-4-6(16(17)18)2-3-7(8)12/h2-5H,1H3,(H2,13,14,15). The summed E-state index contributed by atoms with van der Waals surface area (Å²) in [6.45, 7) is 0. The fourth-order valence-electron chi connectivity index (χ4n) is 1.37. The van der Waals surface area contributed by atoms with E-state index < -0.39 is 4.92 Å². The lowest BCUT2D eigenvalue weighted by Gasteiger charge is -2.08. The fraction of sp³-hybridized carbons (Fsp3) is 0.0909. The van der Waals surface area contributed by atoms with Crippen molar-refractivity contribution in [2.45, 2.75) is 0 Å². The quantitative estimate of drug-likeness (QED) is 0.680. The Morgan fingerprint density at radius 2 is 2.00 bits per heavy atom. The maximum atomic E-state index is 10.7. The molecule has 9 heteroatoms. The highest BCUT2D eigenvalue weighted by atomic mass is 35.5. The molecule has 1 aromatic heterocycles. The van der Waals surface area contributed by atoms with Gasteiger partial charge in [-0.15, -0.1) is 0 Å². The number of rotatable bonds is 4. The molecule has 1 aromatic carbocycles. The van der Waals surface area contributed by atoms with Crippen molar-refractivity contribution in [1.82, 2.24) is 9.97 Å². The van der Waals surface area contributed by atoms with Crippen LogP contribution in [0.3, 0.4) is 0 Å². The first-order chi connectivity index (χ1) is 9.49. The number of nitro groups is 1. The maximum Gasteiger partial charge on any atom is 0.273 e. The minimum absolute atomic E-state index is 0.0547. The number of nitrogens with zero attached hydrogens (tertiary/aromatic N) is 3. The number of hydrogen-bond acceptors (Lipinski definition) is 7. The van der Waals surface area contributed by atoms with Gasteiger partial charge in [-0.25, -0.2) is 0 Å². The summed E-state index contributed by atoms with van der Waals surface area (Å²) in [5.41, 5.74) is 5.33. The van der Waals surface area contributed by atoms with E-state index in [2.05, 4.69) is 9.97 Å². The number of halogens is 1. The fourth-order valence-corrected chi connectivity index (χ4v) is 1.53. The second kappa shape index (κ2) is 5.57. The Morgan fingerprint density at radius 3 is 2.65 bits per heavy atom. The number of anilines is 1. The summed E-state index contributed by atoms with van der Waals surface area (Å²) in [4.78, 5) is 17.8. The Morgan fingerprint density at radius 1 is 1.30 bits per heavy atom. The van der Waals surface area contributed by atoms with E-state index in [1.807, 2.05) is 0 Å². The largest absolute Gasteiger partial charge is 0.481 e. The first kappa shape index (κ1) is 13.8. The van der Waals surface area contributed by atoms with Gasteiger partial charge in [-0.2, -0.15) is 9.97 Å². The third-order valence-corrected chi connectivity index (χ3v) is 2.56. The number of non-ortho nitro benzene ring substituents is 1. The molecule has 0 aliphatic heterocycles. The lowest BCUT2D eigenvalue weighted by atomic mass is 10.3. The van der Waals surface area contributed by atoms with Crippen LogP contribution in [0, 0.1) is 10.1 Å². The molecule has 0 unspecified atom stereocenters. The van der Waals surface area contributed by atoms with Gasteiger partial charge in [0.15, 0.2) is 5.75 Å². The van der Waals surface area contributed by atoms with E-state index in [-0.39, 0.29) is 34.2 Å². The van der Waals surface area contributed by atoms with Gasteiger partial charge in [0.2, 0.25) is 17.7 Å². The molecule has 0 radical (unpaired) electrons. The molecule has 0 saturated carbocycles. The average molecular weight is 297 g/mol. The highest BCUT2D eigenvalue weighted by Crippen LogP contribution is 2.32. The van der Waals surface area contributed by atoms with Gasteiger partial charge in [-0.05, 0) is 6.07 Å². The van der Waals surface area contributed by atoms with Gasteiger partial charge in [-0.3, -0.25) is 10.1 Å². The predicted octanol–water partition coefficient (Wildman–Crippen LogP) is 2.42. The van der Waals surface area contributed by atoms with Crippen LogP contribution in [0.1, 0.15) is 0 Å². The zero-order chi connectivity index (χ0) is 14.7. The molecule has 0 bridgehead atoms. The van der Waals surface area contributed by atoms with Crippen LogP contribution in [0.2, 0.25) is 5.02 Å². The van der Waals surface area contributed by atoms with Crippen LogP contribution in [0.25, 0.3) is 0 Å². The first-order valence-corrected chi connectivity index (χ1v) is 5.67. The number of benzene rings is 1. The normalized spacial score (nSPS) is 10.1. The number of nitro benzene ring substituents is 1. The highest BCUT2D eigenvalue weighted by Gasteiger charge is 2.13. The topological polar surface area (TPSA) is 113 Å². The molecular formula is C11H9ClN4O4. The second-order valence-electron chi connectivity index (χ2n) is 3.58. The van der Waals surface area contributed by atoms with Crippen molar-refractivity contribution >= 4 is 23.2 Å². The molecule has 20 heavy (non-hydrogen) atoms. The molecular weight excluding hydrogens is 288 g/mol. The van der Waals surface area contributed by atoms with Gasteiger partial charge >= 0.3 is 0 Å². The smallest absolute Gasteiger partial charge is 0.273 e. The van der Waals surface area contributed by atoms with Crippen molar-refractivity contribution in [1.29, 1.82) is 0 Å². The molecule has 2 aromatic rings. The summed E-state index contributed by atoms with van der Waals surface area (Å²) in [5, 5.41) is 10.9. The molecule has 0 amide bonds. The summed E-state index contributed by atoms with van der Waals surface area (Å²) in [7, 11) is 1.41. The Balaban J connectivity index is 2.36.